The third-order valence-electron chi connectivity index (χ3n) is 4.71. The lowest BCUT2D eigenvalue weighted by atomic mass is 9.98. The minimum Gasteiger partial charge on any atom is -0.493 e. The number of rotatable bonds is 6. The number of nitriles is 1. The summed E-state index contributed by atoms with van der Waals surface area (Å²) >= 11 is 0. The SMILES string of the molecule is CCCOc1ccc(-c2cc(C)[nH]c(=O)c2C#N)cc1CN1CCCC1. The second kappa shape index (κ2) is 8.20. The summed E-state index contributed by atoms with van der Waals surface area (Å²) < 4.78 is 5.93. The number of pyridine rings is 1. The van der Waals surface area contributed by atoms with E-state index in [1.54, 1.807) is 0 Å². The summed E-state index contributed by atoms with van der Waals surface area (Å²) in [5, 5.41) is 9.42. The van der Waals surface area contributed by atoms with Crippen molar-refractivity contribution in [3.05, 3.63) is 51.4 Å². The summed E-state index contributed by atoms with van der Waals surface area (Å²) in [5.74, 6) is 0.891. The molecule has 1 aromatic heterocycles. The third-order valence-corrected chi connectivity index (χ3v) is 4.71. The van der Waals surface area contributed by atoms with Crippen molar-refractivity contribution in [2.24, 2.45) is 0 Å². The van der Waals surface area contributed by atoms with Crippen LogP contribution in [0.5, 0.6) is 5.75 Å². The van der Waals surface area contributed by atoms with E-state index in [1.807, 2.05) is 31.2 Å². The zero-order chi connectivity index (χ0) is 18.5. The average molecular weight is 351 g/mol. The van der Waals surface area contributed by atoms with Gasteiger partial charge in [-0.05, 0) is 63.0 Å². The molecule has 2 heterocycles. The van der Waals surface area contributed by atoms with Crippen LogP contribution in [0.3, 0.4) is 0 Å². The highest BCUT2D eigenvalue weighted by molar-refractivity contribution is 5.71. The minimum atomic E-state index is -0.338. The maximum Gasteiger partial charge on any atom is 0.266 e. The van der Waals surface area contributed by atoms with E-state index in [2.05, 4.69) is 22.9 Å². The molecule has 5 heteroatoms. The fourth-order valence-electron chi connectivity index (χ4n) is 3.43. The molecule has 26 heavy (non-hydrogen) atoms. The summed E-state index contributed by atoms with van der Waals surface area (Å²) in [7, 11) is 0. The molecule has 1 aromatic carbocycles. The van der Waals surface area contributed by atoms with Crippen molar-refractivity contribution in [1.82, 2.24) is 9.88 Å². The molecular weight excluding hydrogens is 326 g/mol. The Morgan fingerprint density at radius 3 is 2.73 bits per heavy atom. The van der Waals surface area contributed by atoms with Gasteiger partial charge in [-0.2, -0.15) is 5.26 Å². The maximum absolute atomic E-state index is 12.1. The molecule has 0 radical (unpaired) electrons. The summed E-state index contributed by atoms with van der Waals surface area (Å²) in [6, 6.07) is 9.88. The van der Waals surface area contributed by atoms with Gasteiger partial charge in [-0.1, -0.05) is 13.0 Å². The minimum absolute atomic E-state index is 0.157. The van der Waals surface area contributed by atoms with E-state index in [4.69, 9.17) is 4.74 Å². The van der Waals surface area contributed by atoms with Crippen LogP contribution < -0.4 is 10.3 Å². The molecule has 1 aliphatic heterocycles. The van der Waals surface area contributed by atoms with Crippen molar-refractivity contribution < 1.29 is 4.74 Å². The van der Waals surface area contributed by atoms with Gasteiger partial charge < -0.3 is 9.72 Å². The molecule has 1 aliphatic rings. The number of aromatic amines is 1. The number of ether oxygens (including phenoxy) is 1. The van der Waals surface area contributed by atoms with E-state index in [1.165, 1.54) is 12.8 Å². The molecule has 3 rings (SSSR count). The fraction of sp³-hybridized carbons (Fsp3) is 0.429. The van der Waals surface area contributed by atoms with Crippen LogP contribution in [0.2, 0.25) is 0 Å². The zero-order valence-corrected chi connectivity index (χ0v) is 15.5. The van der Waals surface area contributed by atoms with Gasteiger partial charge >= 0.3 is 0 Å². The van der Waals surface area contributed by atoms with Gasteiger partial charge in [0.25, 0.3) is 5.56 Å². The Kier molecular flexibility index (Phi) is 5.75. The first-order valence-electron chi connectivity index (χ1n) is 9.25. The molecule has 1 fully saturated rings. The van der Waals surface area contributed by atoms with E-state index in [-0.39, 0.29) is 11.1 Å². The highest BCUT2D eigenvalue weighted by Crippen LogP contribution is 2.30. The number of hydrogen-bond donors (Lipinski definition) is 1. The normalized spacial score (nSPS) is 14.3. The second-order valence-corrected chi connectivity index (χ2v) is 6.84. The van der Waals surface area contributed by atoms with Crippen molar-refractivity contribution in [2.75, 3.05) is 19.7 Å². The number of aryl methyl sites for hydroxylation is 1. The van der Waals surface area contributed by atoms with Crippen molar-refractivity contribution in [1.29, 1.82) is 5.26 Å². The number of benzene rings is 1. The average Bonchev–Trinajstić information content (AvgIpc) is 3.13. The highest BCUT2D eigenvalue weighted by atomic mass is 16.5. The van der Waals surface area contributed by atoms with Gasteiger partial charge in [-0.25, -0.2) is 0 Å². The number of aromatic nitrogens is 1. The van der Waals surface area contributed by atoms with Gasteiger partial charge in [-0.15, -0.1) is 0 Å². The Hall–Kier alpha value is -2.58. The molecule has 0 aliphatic carbocycles. The summed E-state index contributed by atoms with van der Waals surface area (Å²) in [6.07, 6.45) is 3.42. The molecule has 0 atom stereocenters. The first-order chi connectivity index (χ1) is 12.6. The summed E-state index contributed by atoms with van der Waals surface area (Å²) in [6.45, 7) is 7.63. The summed E-state index contributed by atoms with van der Waals surface area (Å²) in [4.78, 5) is 17.3. The van der Waals surface area contributed by atoms with E-state index < -0.39 is 0 Å². The van der Waals surface area contributed by atoms with Crippen LogP contribution in [-0.2, 0) is 6.54 Å². The van der Waals surface area contributed by atoms with Gasteiger partial charge in [0.2, 0.25) is 0 Å². The van der Waals surface area contributed by atoms with Crippen molar-refractivity contribution in [3.63, 3.8) is 0 Å². The van der Waals surface area contributed by atoms with Crippen molar-refractivity contribution in [2.45, 2.75) is 39.7 Å². The lowest BCUT2D eigenvalue weighted by Gasteiger charge is -2.19. The second-order valence-electron chi connectivity index (χ2n) is 6.84. The molecule has 0 saturated carbocycles. The topological polar surface area (TPSA) is 69.1 Å². The zero-order valence-electron chi connectivity index (χ0n) is 15.5. The fourth-order valence-corrected chi connectivity index (χ4v) is 3.43. The van der Waals surface area contributed by atoms with Gasteiger partial charge in [0.1, 0.15) is 17.4 Å². The van der Waals surface area contributed by atoms with E-state index in [0.29, 0.717) is 12.2 Å². The van der Waals surface area contributed by atoms with Crippen LogP contribution in [-0.4, -0.2) is 29.6 Å². The van der Waals surface area contributed by atoms with E-state index >= 15 is 0 Å². The molecule has 5 nitrogen and oxygen atoms in total. The smallest absolute Gasteiger partial charge is 0.266 e. The molecule has 0 unspecified atom stereocenters. The van der Waals surface area contributed by atoms with Crippen LogP contribution in [0.4, 0.5) is 0 Å². The van der Waals surface area contributed by atoms with Gasteiger partial charge in [0, 0.05) is 23.4 Å². The lowest BCUT2D eigenvalue weighted by molar-refractivity contribution is 0.294. The molecule has 1 N–H and O–H groups in total. The van der Waals surface area contributed by atoms with E-state index in [9.17, 15) is 10.1 Å². The Morgan fingerprint density at radius 2 is 2.04 bits per heavy atom. The Bertz CT molecular complexity index is 874. The molecule has 0 spiro atoms. The summed E-state index contributed by atoms with van der Waals surface area (Å²) in [5.41, 5.74) is 3.24. The predicted molar refractivity (Wildman–Crippen MR) is 102 cm³/mol. The maximum atomic E-state index is 12.1. The number of likely N-dealkylation sites (tertiary alicyclic amines) is 1. The predicted octanol–water partition coefficient (Wildman–Crippen LogP) is 3.61. The molecule has 1 saturated heterocycles. The Morgan fingerprint density at radius 1 is 1.27 bits per heavy atom. The number of nitrogens with zero attached hydrogens (tertiary/aromatic N) is 2. The van der Waals surface area contributed by atoms with Crippen LogP contribution >= 0.6 is 0 Å². The first-order valence-corrected chi connectivity index (χ1v) is 9.25. The van der Waals surface area contributed by atoms with Crippen molar-refractivity contribution >= 4 is 0 Å². The molecule has 0 amide bonds. The van der Waals surface area contributed by atoms with Crippen LogP contribution in [0.1, 0.15) is 43.0 Å². The first kappa shape index (κ1) is 18.2. The molecule has 0 bridgehead atoms. The van der Waals surface area contributed by atoms with Gasteiger partial charge in [-0.3, -0.25) is 9.69 Å². The molecule has 136 valence electrons. The molecular formula is C21H25N3O2. The highest BCUT2D eigenvalue weighted by Gasteiger charge is 2.17. The van der Waals surface area contributed by atoms with Crippen LogP contribution in [0, 0.1) is 18.3 Å². The number of H-pyrrole nitrogens is 1. The van der Waals surface area contributed by atoms with Gasteiger partial charge in [0.05, 0.1) is 6.61 Å². The lowest BCUT2D eigenvalue weighted by Crippen LogP contribution is -2.19. The van der Waals surface area contributed by atoms with Crippen LogP contribution in [0.15, 0.2) is 29.1 Å². The number of nitrogens with one attached hydrogen (secondary N) is 1. The largest absolute Gasteiger partial charge is 0.493 e. The quantitative estimate of drug-likeness (QED) is 0.863. The third kappa shape index (κ3) is 3.97. The van der Waals surface area contributed by atoms with Crippen molar-refractivity contribution in [3.8, 4) is 22.9 Å². The Labute approximate surface area is 154 Å². The van der Waals surface area contributed by atoms with E-state index in [0.717, 1.165) is 48.6 Å². The Balaban J connectivity index is 2.03. The van der Waals surface area contributed by atoms with Gasteiger partial charge in [0.15, 0.2) is 0 Å². The standard InChI is InChI=1S/C21H25N3O2/c1-3-10-26-20-7-6-16(12-17(20)14-24-8-4-5-9-24)18-11-15(2)23-21(25)19(18)13-22/h6-7,11-12H,3-5,8-10,14H2,1-2H3,(H,23,25). The number of hydrogen-bond acceptors (Lipinski definition) is 4. The van der Waals surface area contributed by atoms with Crippen LogP contribution in [0.25, 0.3) is 11.1 Å². The monoisotopic (exact) mass is 351 g/mol. The molecule has 2 aromatic rings.